The average Bonchev–Trinajstić information content (AvgIpc) is 3.60. The number of hydrogen-bond acceptors (Lipinski definition) is 6. The Hall–Kier alpha value is -3.93. The molecule has 0 bridgehead atoms. The van der Waals surface area contributed by atoms with E-state index in [1.807, 2.05) is 6.92 Å². The van der Waals surface area contributed by atoms with E-state index in [0.29, 0.717) is 41.5 Å². The van der Waals surface area contributed by atoms with Gasteiger partial charge in [-0.05, 0) is 49.6 Å². The lowest BCUT2D eigenvalue weighted by atomic mass is 10.1. The zero-order valence-corrected chi connectivity index (χ0v) is 19.6. The Bertz CT molecular complexity index is 1410. The second-order valence-electron chi connectivity index (χ2n) is 8.18. The summed E-state index contributed by atoms with van der Waals surface area (Å²) >= 11 is 6.34. The van der Waals surface area contributed by atoms with E-state index in [1.165, 1.54) is 35.4 Å². The van der Waals surface area contributed by atoms with E-state index < -0.39 is 18.2 Å². The summed E-state index contributed by atoms with van der Waals surface area (Å²) in [6.45, 7) is 2.27. The van der Waals surface area contributed by atoms with Crippen LogP contribution in [0.2, 0.25) is 5.02 Å². The second-order valence-corrected chi connectivity index (χ2v) is 8.59. The fourth-order valence-electron chi connectivity index (χ4n) is 4.20. The molecule has 1 unspecified atom stereocenters. The number of carbonyl (C=O) groups is 1. The highest BCUT2D eigenvalue weighted by atomic mass is 35.5. The van der Waals surface area contributed by atoms with Gasteiger partial charge in [0.05, 0.1) is 35.2 Å². The number of ether oxygens (including phenoxy) is 1. The molecule has 1 N–H and O–H groups in total. The highest BCUT2D eigenvalue weighted by Gasteiger charge is 2.36. The fourth-order valence-corrected chi connectivity index (χ4v) is 4.36. The van der Waals surface area contributed by atoms with Gasteiger partial charge >= 0.3 is 6.36 Å². The first-order valence-corrected chi connectivity index (χ1v) is 11.3. The fraction of sp³-hybridized carbons (Fsp3) is 0.261. The minimum atomic E-state index is -4.86. The Morgan fingerprint density at radius 3 is 2.69 bits per heavy atom. The highest BCUT2D eigenvalue weighted by molar-refractivity contribution is 6.31. The van der Waals surface area contributed by atoms with Crippen molar-refractivity contribution < 1.29 is 22.7 Å². The Balaban J connectivity index is 1.47. The quantitative estimate of drug-likeness (QED) is 0.404. The number of nitrogens with one attached hydrogen (secondary N) is 1. The second kappa shape index (κ2) is 9.26. The number of aromatic nitrogens is 6. The number of aromatic amines is 1. The Kier molecular flexibility index (Phi) is 6.12. The minimum Gasteiger partial charge on any atom is -0.405 e. The van der Waals surface area contributed by atoms with Gasteiger partial charge in [0.1, 0.15) is 11.6 Å². The number of hydrogen-bond donors (Lipinski definition) is 1. The summed E-state index contributed by atoms with van der Waals surface area (Å²) in [5.74, 6) is -0.329. The molecule has 9 nitrogen and oxygen atoms in total. The van der Waals surface area contributed by atoms with Crippen LogP contribution >= 0.6 is 11.6 Å². The lowest BCUT2D eigenvalue weighted by Gasteiger charge is -2.24. The van der Waals surface area contributed by atoms with Crippen LogP contribution in [0.3, 0.4) is 0 Å². The number of benzene rings is 2. The number of para-hydroxylation sites is 1. The number of carbonyl (C=O) groups excluding carboxylic acids is 1. The van der Waals surface area contributed by atoms with Gasteiger partial charge in [-0.2, -0.15) is 20.1 Å². The van der Waals surface area contributed by atoms with Crippen molar-refractivity contribution in [3.8, 4) is 22.8 Å². The molecule has 0 spiro atoms. The number of halogens is 4. The van der Waals surface area contributed by atoms with E-state index in [2.05, 4.69) is 30.1 Å². The molecule has 186 valence electrons. The van der Waals surface area contributed by atoms with Gasteiger partial charge in [0.2, 0.25) is 0 Å². The lowest BCUT2D eigenvalue weighted by molar-refractivity contribution is -0.274. The van der Waals surface area contributed by atoms with Crippen LogP contribution in [-0.2, 0) is 0 Å². The van der Waals surface area contributed by atoms with E-state index in [1.54, 1.807) is 23.1 Å². The molecule has 0 radical (unpaired) electrons. The summed E-state index contributed by atoms with van der Waals surface area (Å²) < 4.78 is 42.6. The van der Waals surface area contributed by atoms with Crippen molar-refractivity contribution in [1.82, 2.24) is 35.1 Å². The first kappa shape index (κ1) is 23.8. The molecule has 2 aromatic carbocycles. The summed E-state index contributed by atoms with van der Waals surface area (Å²) in [7, 11) is 0. The summed E-state index contributed by atoms with van der Waals surface area (Å²) in [6, 6.07) is 8.47. The normalized spacial score (nSPS) is 15.9. The van der Waals surface area contributed by atoms with E-state index in [0.717, 1.165) is 5.56 Å². The number of rotatable bonds is 5. The van der Waals surface area contributed by atoms with Crippen LogP contribution in [0, 0.1) is 6.92 Å². The van der Waals surface area contributed by atoms with Crippen molar-refractivity contribution in [2.75, 3.05) is 6.54 Å². The Morgan fingerprint density at radius 2 is 1.94 bits per heavy atom. The summed E-state index contributed by atoms with van der Waals surface area (Å²) in [5.41, 5.74) is 1.63. The number of alkyl halides is 3. The number of nitrogens with zero attached hydrogens (tertiary/aromatic N) is 6. The van der Waals surface area contributed by atoms with Gasteiger partial charge in [-0.1, -0.05) is 23.7 Å². The zero-order chi connectivity index (χ0) is 25.4. The Morgan fingerprint density at radius 1 is 1.19 bits per heavy atom. The molecule has 3 heterocycles. The highest BCUT2D eigenvalue weighted by Crippen LogP contribution is 2.36. The summed E-state index contributed by atoms with van der Waals surface area (Å²) in [4.78, 5) is 21.1. The minimum absolute atomic E-state index is 0.0314. The third kappa shape index (κ3) is 4.63. The molecule has 36 heavy (non-hydrogen) atoms. The zero-order valence-electron chi connectivity index (χ0n) is 18.8. The third-order valence-corrected chi connectivity index (χ3v) is 6.23. The van der Waals surface area contributed by atoms with Crippen LogP contribution in [0.15, 0.2) is 48.8 Å². The summed E-state index contributed by atoms with van der Waals surface area (Å²) in [6.07, 6.45) is -0.550. The molecule has 1 amide bonds. The predicted octanol–water partition coefficient (Wildman–Crippen LogP) is 4.89. The SMILES string of the molecule is Cc1cc(-n2nccn2)c(C(=O)N2CCCC2c2nc(-c3ccccc3OC(F)(F)F)n[nH]2)cc1Cl. The molecule has 4 aromatic rings. The van der Waals surface area contributed by atoms with Gasteiger partial charge in [-0.15, -0.1) is 13.2 Å². The molecule has 0 saturated carbocycles. The number of amides is 1. The largest absolute Gasteiger partial charge is 0.573 e. The Labute approximate surface area is 207 Å². The summed E-state index contributed by atoms with van der Waals surface area (Å²) in [5, 5.41) is 15.6. The first-order valence-electron chi connectivity index (χ1n) is 11.0. The lowest BCUT2D eigenvalue weighted by Crippen LogP contribution is -2.32. The van der Waals surface area contributed by atoms with Crippen molar-refractivity contribution in [3.05, 3.63) is 70.8 Å². The molecule has 2 aromatic heterocycles. The predicted molar refractivity (Wildman–Crippen MR) is 123 cm³/mol. The molecule has 5 rings (SSSR count). The molecule has 1 atom stereocenters. The van der Waals surface area contributed by atoms with E-state index in [4.69, 9.17) is 11.6 Å². The van der Waals surface area contributed by atoms with Crippen LogP contribution in [0.25, 0.3) is 17.1 Å². The van der Waals surface area contributed by atoms with Crippen LogP contribution in [-0.4, -0.2) is 53.9 Å². The van der Waals surface area contributed by atoms with Crippen LogP contribution in [0.5, 0.6) is 5.75 Å². The van der Waals surface area contributed by atoms with E-state index in [9.17, 15) is 18.0 Å². The molecule has 13 heteroatoms. The maximum absolute atomic E-state index is 13.7. The monoisotopic (exact) mass is 517 g/mol. The van der Waals surface area contributed by atoms with Crippen molar-refractivity contribution in [2.24, 2.45) is 0 Å². The van der Waals surface area contributed by atoms with E-state index in [-0.39, 0.29) is 17.3 Å². The van der Waals surface area contributed by atoms with E-state index >= 15 is 0 Å². The standard InChI is InChI=1S/C23H19ClF3N7O2/c1-13-11-18(34-28-8-9-29-34)15(12-16(13)24)22(35)33-10-4-6-17(33)21-30-20(31-32-21)14-5-2-3-7-19(14)36-23(25,26)27/h2-3,5,7-9,11-12,17H,4,6,10H2,1H3,(H,30,31,32). The van der Waals surface area contributed by atoms with Gasteiger partial charge in [0.25, 0.3) is 5.91 Å². The molecular formula is C23H19ClF3N7O2. The van der Waals surface area contributed by atoms with Crippen LogP contribution in [0.4, 0.5) is 13.2 Å². The number of H-pyrrole nitrogens is 1. The molecule has 0 aliphatic carbocycles. The molecule has 1 aliphatic heterocycles. The number of aryl methyl sites for hydroxylation is 1. The maximum atomic E-state index is 13.7. The van der Waals surface area contributed by atoms with Gasteiger partial charge in [0.15, 0.2) is 5.82 Å². The topological polar surface area (TPSA) is 102 Å². The molecular weight excluding hydrogens is 499 g/mol. The van der Waals surface area contributed by atoms with Gasteiger partial charge in [-0.3, -0.25) is 9.89 Å². The molecule has 1 aliphatic rings. The van der Waals surface area contributed by atoms with Gasteiger partial charge < -0.3 is 9.64 Å². The first-order chi connectivity index (χ1) is 17.2. The van der Waals surface area contributed by atoms with Crippen molar-refractivity contribution in [3.63, 3.8) is 0 Å². The average molecular weight is 518 g/mol. The maximum Gasteiger partial charge on any atom is 0.573 e. The van der Waals surface area contributed by atoms with Crippen molar-refractivity contribution >= 4 is 17.5 Å². The van der Waals surface area contributed by atoms with Crippen molar-refractivity contribution in [2.45, 2.75) is 32.2 Å². The van der Waals surface area contributed by atoms with Crippen LogP contribution < -0.4 is 4.74 Å². The van der Waals surface area contributed by atoms with Gasteiger partial charge in [0, 0.05) is 11.6 Å². The smallest absolute Gasteiger partial charge is 0.405 e. The third-order valence-electron chi connectivity index (χ3n) is 5.83. The molecule has 1 saturated heterocycles. The van der Waals surface area contributed by atoms with Crippen molar-refractivity contribution in [1.29, 1.82) is 0 Å². The van der Waals surface area contributed by atoms with Gasteiger partial charge in [-0.25, -0.2) is 4.98 Å². The number of likely N-dealkylation sites (tertiary alicyclic amines) is 1. The molecule has 1 fully saturated rings. The van der Waals surface area contributed by atoms with Crippen LogP contribution in [0.1, 0.15) is 40.6 Å².